The van der Waals surface area contributed by atoms with E-state index in [2.05, 4.69) is 66.0 Å². The topological polar surface area (TPSA) is 32.3 Å². The summed E-state index contributed by atoms with van der Waals surface area (Å²) in [7, 11) is 0. The normalized spacial score (nSPS) is 25.4. The van der Waals surface area contributed by atoms with Crippen molar-refractivity contribution in [2.75, 3.05) is 6.54 Å². The van der Waals surface area contributed by atoms with Crippen molar-refractivity contribution in [3.05, 3.63) is 82.9 Å². The Kier molecular flexibility index (Phi) is 3.61. The van der Waals surface area contributed by atoms with Gasteiger partial charge in [0.25, 0.3) is 0 Å². The molecule has 3 aromatic carbocycles. The third kappa shape index (κ3) is 2.40. The average Bonchev–Trinajstić information content (AvgIpc) is 2.68. The second-order valence-corrected chi connectivity index (χ2v) is 7.39. The number of fused-ring (bicyclic) bond motifs is 4. The molecule has 0 unspecified atom stereocenters. The van der Waals surface area contributed by atoms with Crippen molar-refractivity contribution in [2.24, 2.45) is 5.92 Å². The standard InChI is InChI=1S/C23H23NO/c25-23-20(22-19-8-4-2-6-16(19)13-14-24-22)12-11-17-10-9-15-5-1-3-7-18(15)21(17)23/h1-10,20,22-25H,11-14H2/t20-,22-,23+/m0/s1. The van der Waals surface area contributed by atoms with Gasteiger partial charge in [-0.1, -0.05) is 60.7 Å². The number of aliphatic hydroxyl groups excluding tert-OH is 1. The highest BCUT2D eigenvalue weighted by molar-refractivity contribution is 5.87. The number of aliphatic hydroxyl groups is 1. The van der Waals surface area contributed by atoms with Crippen LogP contribution < -0.4 is 5.32 Å². The average molecular weight is 329 g/mol. The molecule has 2 aliphatic rings. The molecule has 0 fully saturated rings. The van der Waals surface area contributed by atoms with Crippen LogP contribution in [-0.4, -0.2) is 11.7 Å². The van der Waals surface area contributed by atoms with Crippen LogP contribution in [0.2, 0.25) is 0 Å². The molecule has 2 heteroatoms. The quantitative estimate of drug-likeness (QED) is 0.697. The predicted octanol–water partition coefficient (Wildman–Crippen LogP) is 4.32. The Morgan fingerprint density at radius 2 is 1.68 bits per heavy atom. The highest BCUT2D eigenvalue weighted by Gasteiger charge is 2.37. The van der Waals surface area contributed by atoms with Gasteiger partial charge in [0.15, 0.2) is 0 Å². The lowest BCUT2D eigenvalue weighted by molar-refractivity contribution is 0.0688. The molecule has 2 nitrogen and oxygen atoms in total. The highest BCUT2D eigenvalue weighted by Crippen LogP contribution is 2.45. The minimum Gasteiger partial charge on any atom is -0.388 e. The molecule has 5 rings (SSSR count). The van der Waals surface area contributed by atoms with Gasteiger partial charge in [0.2, 0.25) is 0 Å². The second-order valence-electron chi connectivity index (χ2n) is 7.39. The second kappa shape index (κ2) is 5.98. The van der Waals surface area contributed by atoms with E-state index >= 15 is 0 Å². The molecule has 0 saturated heterocycles. The maximum atomic E-state index is 11.4. The summed E-state index contributed by atoms with van der Waals surface area (Å²) >= 11 is 0. The molecule has 1 heterocycles. The molecule has 3 aromatic rings. The van der Waals surface area contributed by atoms with Gasteiger partial charge in [-0.05, 0) is 58.8 Å². The van der Waals surface area contributed by atoms with Crippen LogP contribution in [0.15, 0.2) is 60.7 Å². The molecule has 25 heavy (non-hydrogen) atoms. The van der Waals surface area contributed by atoms with E-state index < -0.39 is 6.10 Å². The zero-order valence-electron chi connectivity index (χ0n) is 14.3. The maximum Gasteiger partial charge on any atom is 0.0845 e. The molecule has 3 atom stereocenters. The third-order valence-electron chi connectivity index (χ3n) is 6.09. The monoisotopic (exact) mass is 329 g/mol. The Labute approximate surface area is 148 Å². The molecule has 0 aromatic heterocycles. The zero-order chi connectivity index (χ0) is 16.8. The summed E-state index contributed by atoms with van der Waals surface area (Å²) in [5.41, 5.74) is 5.27. The number of nitrogens with one attached hydrogen (secondary N) is 1. The van der Waals surface area contributed by atoms with E-state index in [4.69, 9.17) is 0 Å². The SMILES string of the molecule is O[C@H]1c2c(ccc3ccccc23)CC[C@H]1[C@H]1NCCc2ccccc21. The fraction of sp³-hybridized carbons (Fsp3) is 0.304. The van der Waals surface area contributed by atoms with Crippen LogP contribution in [0.1, 0.15) is 40.8 Å². The van der Waals surface area contributed by atoms with Crippen molar-refractivity contribution in [2.45, 2.75) is 31.4 Å². The zero-order valence-corrected chi connectivity index (χ0v) is 14.3. The first-order chi connectivity index (χ1) is 12.3. The van der Waals surface area contributed by atoms with Crippen LogP contribution in [0, 0.1) is 5.92 Å². The van der Waals surface area contributed by atoms with Crippen molar-refractivity contribution in [1.29, 1.82) is 0 Å². The first-order valence-electron chi connectivity index (χ1n) is 9.33. The largest absolute Gasteiger partial charge is 0.388 e. The van der Waals surface area contributed by atoms with E-state index in [9.17, 15) is 5.11 Å². The smallest absolute Gasteiger partial charge is 0.0845 e. The first kappa shape index (κ1) is 15.1. The van der Waals surface area contributed by atoms with E-state index in [1.807, 2.05) is 0 Å². The summed E-state index contributed by atoms with van der Waals surface area (Å²) in [4.78, 5) is 0. The van der Waals surface area contributed by atoms with Crippen LogP contribution in [-0.2, 0) is 12.8 Å². The minimum atomic E-state index is -0.418. The van der Waals surface area contributed by atoms with Gasteiger partial charge in [-0.3, -0.25) is 0 Å². The molecule has 1 aliphatic heterocycles. The number of hydrogen-bond acceptors (Lipinski definition) is 2. The van der Waals surface area contributed by atoms with Crippen LogP contribution in [0.3, 0.4) is 0 Å². The Balaban J connectivity index is 1.60. The molecule has 0 saturated carbocycles. The molecule has 126 valence electrons. The number of aryl methyl sites for hydroxylation is 1. The summed E-state index contributed by atoms with van der Waals surface area (Å²) in [5, 5.41) is 17.5. The van der Waals surface area contributed by atoms with Crippen molar-refractivity contribution in [3.63, 3.8) is 0 Å². The predicted molar refractivity (Wildman–Crippen MR) is 102 cm³/mol. The van der Waals surface area contributed by atoms with Gasteiger partial charge in [0, 0.05) is 12.0 Å². The summed E-state index contributed by atoms with van der Waals surface area (Å²) in [6.45, 7) is 0.993. The molecule has 2 N–H and O–H groups in total. The van der Waals surface area contributed by atoms with Gasteiger partial charge in [-0.15, -0.1) is 0 Å². The van der Waals surface area contributed by atoms with Crippen molar-refractivity contribution in [3.8, 4) is 0 Å². The molecule has 0 radical (unpaired) electrons. The lowest BCUT2D eigenvalue weighted by atomic mass is 9.73. The van der Waals surface area contributed by atoms with E-state index in [-0.39, 0.29) is 12.0 Å². The van der Waals surface area contributed by atoms with Gasteiger partial charge < -0.3 is 10.4 Å². The van der Waals surface area contributed by atoms with Crippen LogP contribution in [0.25, 0.3) is 10.8 Å². The molecule has 0 amide bonds. The number of benzene rings is 3. The van der Waals surface area contributed by atoms with Crippen LogP contribution >= 0.6 is 0 Å². The fourth-order valence-corrected chi connectivity index (χ4v) is 4.87. The van der Waals surface area contributed by atoms with Gasteiger partial charge in [-0.25, -0.2) is 0 Å². The van der Waals surface area contributed by atoms with E-state index in [1.54, 1.807) is 0 Å². The first-order valence-corrected chi connectivity index (χ1v) is 9.33. The molecular weight excluding hydrogens is 306 g/mol. The van der Waals surface area contributed by atoms with E-state index in [0.29, 0.717) is 0 Å². The summed E-state index contributed by atoms with van der Waals surface area (Å²) in [5.74, 6) is 0.222. The highest BCUT2D eigenvalue weighted by atomic mass is 16.3. The molecule has 1 aliphatic carbocycles. The Morgan fingerprint density at radius 3 is 2.64 bits per heavy atom. The van der Waals surface area contributed by atoms with Gasteiger partial charge in [-0.2, -0.15) is 0 Å². The molecule has 0 bridgehead atoms. The van der Waals surface area contributed by atoms with Crippen LogP contribution in [0.4, 0.5) is 0 Å². The third-order valence-corrected chi connectivity index (χ3v) is 6.09. The van der Waals surface area contributed by atoms with Gasteiger partial charge in [0.1, 0.15) is 0 Å². The van der Waals surface area contributed by atoms with E-state index in [0.717, 1.165) is 31.4 Å². The summed E-state index contributed by atoms with van der Waals surface area (Å²) in [6, 6.07) is 21.8. The van der Waals surface area contributed by atoms with Crippen molar-refractivity contribution < 1.29 is 5.11 Å². The summed E-state index contributed by atoms with van der Waals surface area (Å²) < 4.78 is 0. The number of hydrogen-bond donors (Lipinski definition) is 2. The minimum absolute atomic E-state index is 0.222. The van der Waals surface area contributed by atoms with E-state index in [1.165, 1.54) is 27.5 Å². The number of rotatable bonds is 1. The Bertz CT molecular complexity index is 932. The van der Waals surface area contributed by atoms with Gasteiger partial charge in [0.05, 0.1) is 6.10 Å². The lowest BCUT2D eigenvalue weighted by Crippen LogP contribution is -2.39. The van der Waals surface area contributed by atoms with Crippen LogP contribution in [0.5, 0.6) is 0 Å². The molecule has 0 spiro atoms. The fourth-order valence-electron chi connectivity index (χ4n) is 4.87. The molecular formula is C23H23NO. The lowest BCUT2D eigenvalue weighted by Gasteiger charge is -2.39. The maximum absolute atomic E-state index is 11.4. The Hall–Kier alpha value is -2.16. The summed E-state index contributed by atoms with van der Waals surface area (Å²) in [6.07, 6.45) is 2.73. The Morgan fingerprint density at radius 1 is 0.840 bits per heavy atom. The van der Waals surface area contributed by atoms with Crippen molar-refractivity contribution >= 4 is 10.8 Å². The van der Waals surface area contributed by atoms with Crippen molar-refractivity contribution in [1.82, 2.24) is 5.32 Å². The van der Waals surface area contributed by atoms with Gasteiger partial charge >= 0.3 is 0 Å².